The Morgan fingerprint density at radius 3 is 2.30 bits per heavy atom. The number of rotatable bonds is 3. The van der Waals surface area contributed by atoms with Gasteiger partial charge in [-0.2, -0.15) is 13.2 Å². The van der Waals surface area contributed by atoms with E-state index < -0.39 is 23.6 Å². The number of halogens is 4. The molecule has 0 aliphatic rings. The Bertz CT molecular complexity index is 709. The summed E-state index contributed by atoms with van der Waals surface area (Å²) in [6.07, 6.45) is -1.83. The molecule has 0 unspecified atom stereocenters. The first-order chi connectivity index (χ1) is 10.9. The number of hydrogen-bond acceptors (Lipinski definition) is 1. The number of carbonyl (C=O) groups excluding carboxylic acids is 1. The summed E-state index contributed by atoms with van der Waals surface area (Å²) in [6, 6.07) is 9.32. The van der Waals surface area contributed by atoms with Crippen molar-refractivity contribution in [2.75, 3.05) is 5.32 Å². The van der Waals surface area contributed by atoms with Crippen molar-refractivity contribution in [3.63, 3.8) is 0 Å². The zero-order valence-electron chi connectivity index (χ0n) is 11.7. The van der Waals surface area contributed by atoms with Gasteiger partial charge >= 0.3 is 12.2 Å². The third-order valence-electron chi connectivity index (χ3n) is 2.84. The summed E-state index contributed by atoms with van der Waals surface area (Å²) in [7, 11) is 0. The number of nitrogens with one attached hydrogen (secondary N) is 2. The van der Waals surface area contributed by atoms with Crippen molar-refractivity contribution < 1.29 is 22.4 Å². The first kappa shape index (κ1) is 16.5. The van der Waals surface area contributed by atoms with Gasteiger partial charge in [0.15, 0.2) is 0 Å². The third kappa shape index (κ3) is 4.84. The van der Waals surface area contributed by atoms with Crippen LogP contribution in [0, 0.1) is 5.82 Å². The fourth-order valence-electron chi connectivity index (χ4n) is 1.79. The van der Waals surface area contributed by atoms with Gasteiger partial charge in [0.2, 0.25) is 0 Å². The van der Waals surface area contributed by atoms with E-state index in [0.717, 1.165) is 12.1 Å². The summed E-state index contributed by atoms with van der Waals surface area (Å²) in [5, 5.41) is 4.41. The minimum Gasteiger partial charge on any atom is -0.314 e. The van der Waals surface area contributed by atoms with Crippen LogP contribution >= 0.6 is 0 Å². The lowest BCUT2D eigenvalue weighted by Crippen LogP contribution is -2.25. The van der Waals surface area contributed by atoms with Crippen LogP contribution in [-0.2, 0) is 6.18 Å². The maximum Gasteiger partial charge on any atom is 0.418 e. The van der Waals surface area contributed by atoms with Crippen molar-refractivity contribution in [3.8, 4) is 0 Å². The van der Waals surface area contributed by atoms with E-state index in [-0.39, 0.29) is 5.69 Å². The van der Waals surface area contributed by atoms with Crippen molar-refractivity contribution in [1.82, 2.24) is 5.32 Å². The Hall–Kier alpha value is -2.83. The molecule has 0 aliphatic carbocycles. The summed E-state index contributed by atoms with van der Waals surface area (Å²) in [6.45, 7) is 0. The van der Waals surface area contributed by atoms with Gasteiger partial charge < -0.3 is 10.6 Å². The van der Waals surface area contributed by atoms with E-state index in [1.54, 1.807) is 0 Å². The summed E-state index contributed by atoms with van der Waals surface area (Å²) in [5.74, 6) is -0.392. The van der Waals surface area contributed by atoms with Gasteiger partial charge in [0.05, 0.1) is 11.3 Å². The molecule has 0 saturated heterocycles. The monoisotopic (exact) mass is 324 g/mol. The second-order valence-corrected chi connectivity index (χ2v) is 4.53. The highest BCUT2D eigenvalue weighted by atomic mass is 19.4. The smallest absolute Gasteiger partial charge is 0.314 e. The van der Waals surface area contributed by atoms with E-state index in [0.29, 0.717) is 5.56 Å². The molecular weight excluding hydrogens is 312 g/mol. The van der Waals surface area contributed by atoms with Gasteiger partial charge in [0.25, 0.3) is 0 Å². The minimum absolute atomic E-state index is 0.340. The molecule has 2 rings (SSSR count). The summed E-state index contributed by atoms with van der Waals surface area (Å²) in [5.41, 5.74) is -0.646. The normalized spacial score (nSPS) is 11.5. The van der Waals surface area contributed by atoms with E-state index in [1.165, 1.54) is 48.7 Å². The van der Waals surface area contributed by atoms with Crippen molar-refractivity contribution in [3.05, 3.63) is 71.7 Å². The molecule has 2 amide bonds. The summed E-state index contributed by atoms with van der Waals surface area (Å²) < 4.78 is 51.1. The maximum atomic E-state index is 12.8. The van der Waals surface area contributed by atoms with E-state index in [1.807, 2.05) is 0 Å². The summed E-state index contributed by atoms with van der Waals surface area (Å²) in [4.78, 5) is 11.6. The number of hydrogen-bond donors (Lipinski definition) is 2. The predicted molar refractivity (Wildman–Crippen MR) is 79.0 cm³/mol. The lowest BCUT2D eigenvalue weighted by Gasteiger charge is -2.13. The molecule has 120 valence electrons. The second kappa shape index (κ2) is 6.95. The van der Waals surface area contributed by atoms with E-state index in [9.17, 15) is 22.4 Å². The van der Waals surface area contributed by atoms with Crippen molar-refractivity contribution >= 4 is 17.8 Å². The highest BCUT2D eigenvalue weighted by molar-refractivity contribution is 5.91. The molecule has 0 radical (unpaired) electrons. The van der Waals surface area contributed by atoms with Crippen LogP contribution in [0.5, 0.6) is 0 Å². The van der Waals surface area contributed by atoms with Gasteiger partial charge in [-0.1, -0.05) is 24.3 Å². The molecule has 0 bridgehead atoms. The Morgan fingerprint density at radius 1 is 1.00 bits per heavy atom. The van der Waals surface area contributed by atoms with E-state index in [4.69, 9.17) is 0 Å². The zero-order chi connectivity index (χ0) is 16.9. The second-order valence-electron chi connectivity index (χ2n) is 4.53. The molecule has 2 N–H and O–H groups in total. The Morgan fingerprint density at radius 2 is 1.65 bits per heavy atom. The highest BCUT2D eigenvalue weighted by Crippen LogP contribution is 2.34. The molecule has 3 nitrogen and oxygen atoms in total. The molecule has 0 aromatic heterocycles. The molecule has 0 atom stereocenters. The van der Waals surface area contributed by atoms with Crippen LogP contribution in [0.4, 0.5) is 28.0 Å². The molecule has 2 aromatic rings. The van der Waals surface area contributed by atoms with Crippen LogP contribution < -0.4 is 10.6 Å². The van der Waals surface area contributed by atoms with Gasteiger partial charge in [-0.05, 0) is 35.9 Å². The first-order valence-electron chi connectivity index (χ1n) is 6.52. The standard InChI is InChI=1S/C16H12F4N2O/c17-12-7-5-11(6-8-12)9-10-21-15(23)22-14-4-2-1-3-13(14)16(18,19)20/h1-10H,(H2,21,22,23)/b10-9+. The number of para-hydroxylation sites is 1. The lowest BCUT2D eigenvalue weighted by atomic mass is 10.1. The quantitative estimate of drug-likeness (QED) is 0.794. The number of alkyl halides is 3. The molecule has 0 aliphatic heterocycles. The zero-order valence-corrected chi connectivity index (χ0v) is 11.7. The predicted octanol–water partition coefficient (Wildman–Crippen LogP) is 4.64. The SMILES string of the molecule is O=C(N/C=C/c1ccc(F)cc1)Nc1ccccc1C(F)(F)F. The molecule has 0 spiro atoms. The van der Waals surface area contributed by atoms with Gasteiger partial charge in [-0.25, -0.2) is 9.18 Å². The molecular formula is C16H12F4N2O. The van der Waals surface area contributed by atoms with Gasteiger partial charge in [-0.3, -0.25) is 0 Å². The number of benzene rings is 2. The van der Waals surface area contributed by atoms with Crippen LogP contribution in [0.2, 0.25) is 0 Å². The van der Waals surface area contributed by atoms with E-state index in [2.05, 4.69) is 10.6 Å². The number of carbonyl (C=O) groups is 1. The van der Waals surface area contributed by atoms with Crippen LogP contribution in [0.25, 0.3) is 6.08 Å². The van der Waals surface area contributed by atoms with Crippen LogP contribution in [0.15, 0.2) is 54.7 Å². The van der Waals surface area contributed by atoms with Gasteiger partial charge in [-0.15, -0.1) is 0 Å². The molecule has 2 aromatic carbocycles. The third-order valence-corrected chi connectivity index (χ3v) is 2.84. The van der Waals surface area contributed by atoms with Crippen LogP contribution in [0.3, 0.4) is 0 Å². The molecule has 0 heterocycles. The van der Waals surface area contributed by atoms with Crippen molar-refractivity contribution in [2.24, 2.45) is 0 Å². The van der Waals surface area contributed by atoms with Crippen LogP contribution in [0.1, 0.15) is 11.1 Å². The fraction of sp³-hybridized carbons (Fsp3) is 0.0625. The number of urea groups is 1. The molecule has 0 fully saturated rings. The highest BCUT2D eigenvalue weighted by Gasteiger charge is 2.33. The first-order valence-corrected chi connectivity index (χ1v) is 6.52. The topological polar surface area (TPSA) is 41.1 Å². The Labute approximate surface area is 129 Å². The van der Waals surface area contributed by atoms with Crippen LogP contribution in [-0.4, -0.2) is 6.03 Å². The minimum atomic E-state index is -4.56. The Balaban J connectivity index is 1.99. The number of anilines is 1. The summed E-state index contributed by atoms with van der Waals surface area (Å²) >= 11 is 0. The van der Waals surface area contributed by atoms with Crippen molar-refractivity contribution in [2.45, 2.75) is 6.18 Å². The van der Waals surface area contributed by atoms with Gasteiger partial charge in [0, 0.05) is 6.20 Å². The van der Waals surface area contributed by atoms with E-state index >= 15 is 0 Å². The van der Waals surface area contributed by atoms with Gasteiger partial charge in [0.1, 0.15) is 5.82 Å². The molecule has 7 heteroatoms. The largest absolute Gasteiger partial charge is 0.418 e. The molecule has 23 heavy (non-hydrogen) atoms. The Kier molecular flexibility index (Phi) is 5.00. The average molecular weight is 324 g/mol. The molecule has 0 saturated carbocycles. The number of amides is 2. The maximum absolute atomic E-state index is 12.8. The van der Waals surface area contributed by atoms with Crippen molar-refractivity contribution in [1.29, 1.82) is 0 Å². The fourth-order valence-corrected chi connectivity index (χ4v) is 1.79. The lowest BCUT2D eigenvalue weighted by molar-refractivity contribution is -0.136. The average Bonchev–Trinajstić information content (AvgIpc) is 2.49.